The predicted molar refractivity (Wildman–Crippen MR) is 108 cm³/mol. The molecule has 1 aromatic rings. The Morgan fingerprint density at radius 3 is 2.58 bits per heavy atom. The van der Waals surface area contributed by atoms with Crippen molar-refractivity contribution in [3.8, 4) is 0 Å². The third-order valence-electron chi connectivity index (χ3n) is 4.60. The Kier molecular flexibility index (Phi) is 7.56. The molecule has 1 amide bonds. The molecule has 0 fully saturated rings. The molecule has 1 atom stereocenters. The molecule has 1 aliphatic carbocycles. The van der Waals surface area contributed by atoms with Gasteiger partial charge in [0.2, 0.25) is 5.91 Å². The van der Waals surface area contributed by atoms with E-state index in [-0.39, 0.29) is 11.9 Å². The van der Waals surface area contributed by atoms with E-state index in [4.69, 9.17) is 12.2 Å². The summed E-state index contributed by atoms with van der Waals surface area (Å²) in [5.41, 5.74) is 4.13. The molecule has 1 unspecified atom stereocenters. The minimum atomic E-state index is 0.0346. The number of thiocarbonyl (C=S) groups is 1. The molecule has 0 radical (unpaired) electrons. The minimum Gasteiger partial charge on any atom is -0.358 e. The van der Waals surface area contributed by atoms with Crippen LogP contribution in [0.15, 0.2) is 18.2 Å². The van der Waals surface area contributed by atoms with Gasteiger partial charge in [-0.25, -0.2) is 0 Å². The van der Waals surface area contributed by atoms with Gasteiger partial charge in [-0.1, -0.05) is 42.2 Å². The van der Waals surface area contributed by atoms with Crippen LogP contribution in [0.1, 0.15) is 56.3 Å². The highest BCUT2D eigenvalue weighted by Crippen LogP contribution is 2.24. The number of thioether (sulfide) groups is 1. The number of hydrogen-bond donors (Lipinski definition) is 1. The van der Waals surface area contributed by atoms with Gasteiger partial charge in [-0.2, -0.15) is 0 Å². The van der Waals surface area contributed by atoms with Gasteiger partial charge in [0.1, 0.15) is 4.32 Å². The van der Waals surface area contributed by atoms with Crippen molar-refractivity contribution in [2.24, 2.45) is 0 Å². The van der Waals surface area contributed by atoms with Crippen molar-refractivity contribution in [1.29, 1.82) is 0 Å². The highest BCUT2D eigenvalue weighted by Gasteiger charge is 2.15. The van der Waals surface area contributed by atoms with Gasteiger partial charge in [0.05, 0.1) is 11.8 Å². The van der Waals surface area contributed by atoms with E-state index in [1.807, 2.05) is 0 Å². The lowest BCUT2D eigenvalue weighted by Gasteiger charge is -2.22. The van der Waals surface area contributed by atoms with Crippen LogP contribution in [0.2, 0.25) is 0 Å². The van der Waals surface area contributed by atoms with Crippen LogP contribution < -0.4 is 5.32 Å². The molecule has 1 N–H and O–H groups in total. The van der Waals surface area contributed by atoms with E-state index in [0.717, 1.165) is 23.8 Å². The molecule has 0 spiro atoms. The molecule has 0 aromatic heterocycles. The van der Waals surface area contributed by atoms with Crippen LogP contribution in [-0.2, 0) is 17.6 Å². The second kappa shape index (κ2) is 9.42. The molecule has 0 aliphatic heterocycles. The van der Waals surface area contributed by atoms with Gasteiger partial charge in [-0.3, -0.25) is 4.79 Å². The van der Waals surface area contributed by atoms with Crippen LogP contribution >= 0.6 is 24.0 Å². The number of rotatable bonds is 6. The lowest BCUT2D eigenvalue weighted by atomic mass is 9.89. The molecule has 24 heavy (non-hydrogen) atoms. The Morgan fingerprint density at radius 1 is 1.25 bits per heavy atom. The Hall–Kier alpha value is -1.07. The first-order valence-corrected chi connectivity index (χ1v) is 10.3. The van der Waals surface area contributed by atoms with Gasteiger partial charge < -0.3 is 10.2 Å². The molecule has 3 nitrogen and oxygen atoms in total. The normalized spacial score (nSPS) is 14.6. The quantitative estimate of drug-likeness (QED) is 0.770. The maximum absolute atomic E-state index is 12.2. The SMILES string of the molecule is CCN(CC)C(=S)SCC(=O)NC(C)c1ccc2c(c1)CCCC2. The summed E-state index contributed by atoms with van der Waals surface area (Å²) in [7, 11) is 0. The summed E-state index contributed by atoms with van der Waals surface area (Å²) in [6.07, 6.45) is 4.92. The van der Waals surface area contributed by atoms with Gasteiger partial charge in [-0.05, 0) is 63.1 Å². The third kappa shape index (κ3) is 5.21. The smallest absolute Gasteiger partial charge is 0.230 e. The molecule has 0 saturated carbocycles. The van der Waals surface area contributed by atoms with Gasteiger partial charge in [-0.15, -0.1) is 0 Å². The zero-order valence-electron chi connectivity index (χ0n) is 14.9. The van der Waals surface area contributed by atoms with E-state index < -0.39 is 0 Å². The van der Waals surface area contributed by atoms with E-state index >= 15 is 0 Å². The standard InChI is InChI=1S/C19H28N2OS2/c1-4-21(5-2)19(23)24-13-18(22)20-14(3)16-11-10-15-8-6-7-9-17(15)12-16/h10-12,14H,4-9,13H2,1-3H3,(H,20,22). The number of nitrogens with one attached hydrogen (secondary N) is 1. The second-order valence-corrected chi connectivity index (χ2v) is 7.86. The minimum absolute atomic E-state index is 0.0346. The monoisotopic (exact) mass is 364 g/mol. The first-order chi connectivity index (χ1) is 11.5. The summed E-state index contributed by atoms with van der Waals surface area (Å²) in [5, 5.41) is 3.10. The Labute approximate surface area is 155 Å². The molecule has 132 valence electrons. The average Bonchev–Trinajstić information content (AvgIpc) is 2.60. The molecule has 1 aromatic carbocycles. The lowest BCUT2D eigenvalue weighted by Crippen LogP contribution is -2.31. The van der Waals surface area contributed by atoms with Crippen LogP contribution in [0.25, 0.3) is 0 Å². The van der Waals surface area contributed by atoms with Gasteiger partial charge in [0, 0.05) is 13.1 Å². The fourth-order valence-corrected chi connectivity index (χ4v) is 4.30. The first kappa shape index (κ1) is 19.3. The Balaban J connectivity index is 1.86. The predicted octanol–water partition coefficient (Wildman–Crippen LogP) is 4.10. The van der Waals surface area contributed by atoms with Crippen molar-refractivity contribution in [1.82, 2.24) is 10.2 Å². The van der Waals surface area contributed by atoms with E-state index in [1.165, 1.54) is 47.7 Å². The number of benzene rings is 1. The maximum Gasteiger partial charge on any atom is 0.230 e. The topological polar surface area (TPSA) is 32.3 Å². The largest absolute Gasteiger partial charge is 0.358 e. The van der Waals surface area contributed by atoms with Gasteiger partial charge in [0.15, 0.2) is 0 Å². The van der Waals surface area contributed by atoms with E-state index in [1.54, 1.807) is 0 Å². The zero-order valence-corrected chi connectivity index (χ0v) is 16.6. The number of carbonyl (C=O) groups excluding carboxylic acids is 1. The first-order valence-electron chi connectivity index (χ1n) is 8.87. The number of nitrogens with zero attached hydrogens (tertiary/aromatic N) is 1. The fraction of sp³-hybridized carbons (Fsp3) is 0.579. The molecule has 2 rings (SSSR count). The highest BCUT2D eigenvalue weighted by molar-refractivity contribution is 8.23. The highest BCUT2D eigenvalue weighted by atomic mass is 32.2. The molecule has 0 heterocycles. The number of fused-ring (bicyclic) bond motifs is 1. The lowest BCUT2D eigenvalue weighted by molar-refractivity contribution is -0.119. The zero-order chi connectivity index (χ0) is 17.5. The molecule has 0 saturated heterocycles. The average molecular weight is 365 g/mol. The number of amides is 1. The van der Waals surface area contributed by atoms with Crippen LogP contribution in [0.5, 0.6) is 0 Å². The maximum atomic E-state index is 12.2. The van der Waals surface area contributed by atoms with Crippen LogP contribution in [0.4, 0.5) is 0 Å². The summed E-state index contributed by atoms with van der Waals surface area (Å²) in [4.78, 5) is 14.3. The van der Waals surface area contributed by atoms with Crippen molar-refractivity contribution >= 4 is 34.2 Å². The van der Waals surface area contributed by atoms with E-state index in [2.05, 4.69) is 49.2 Å². The van der Waals surface area contributed by atoms with Gasteiger partial charge in [0.25, 0.3) is 0 Å². The summed E-state index contributed by atoms with van der Waals surface area (Å²) in [5.74, 6) is 0.421. The summed E-state index contributed by atoms with van der Waals surface area (Å²) in [6.45, 7) is 7.98. The van der Waals surface area contributed by atoms with E-state index in [0.29, 0.717) is 5.75 Å². The molecule has 1 aliphatic rings. The molecule has 0 bridgehead atoms. The summed E-state index contributed by atoms with van der Waals surface area (Å²) in [6, 6.07) is 6.69. The molecule has 5 heteroatoms. The Morgan fingerprint density at radius 2 is 1.92 bits per heavy atom. The van der Waals surface area contributed by atoms with Crippen molar-refractivity contribution in [2.75, 3.05) is 18.8 Å². The third-order valence-corrected chi connectivity index (χ3v) is 6.12. The van der Waals surface area contributed by atoms with Crippen LogP contribution in [0, 0.1) is 0 Å². The Bertz CT molecular complexity index is 585. The fourth-order valence-electron chi connectivity index (χ4n) is 3.09. The molecular weight excluding hydrogens is 336 g/mol. The summed E-state index contributed by atoms with van der Waals surface area (Å²) >= 11 is 6.82. The number of carbonyl (C=O) groups is 1. The van der Waals surface area contributed by atoms with Crippen molar-refractivity contribution in [3.05, 3.63) is 34.9 Å². The van der Waals surface area contributed by atoms with Crippen molar-refractivity contribution in [2.45, 2.75) is 52.5 Å². The van der Waals surface area contributed by atoms with Gasteiger partial charge >= 0.3 is 0 Å². The van der Waals surface area contributed by atoms with Crippen molar-refractivity contribution < 1.29 is 4.79 Å². The summed E-state index contributed by atoms with van der Waals surface area (Å²) < 4.78 is 0.802. The molecular formula is C19H28N2OS2. The van der Waals surface area contributed by atoms with Crippen molar-refractivity contribution in [3.63, 3.8) is 0 Å². The van der Waals surface area contributed by atoms with Crippen LogP contribution in [0.3, 0.4) is 0 Å². The number of hydrogen-bond acceptors (Lipinski definition) is 3. The number of aryl methyl sites for hydroxylation is 2. The second-order valence-electron chi connectivity index (χ2n) is 6.25. The van der Waals surface area contributed by atoms with Crippen LogP contribution in [-0.4, -0.2) is 34.0 Å². The van der Waals surface area contributed by atoms with E-state index in [9.17, 15) is 4.79 Å².